The maximum absolute atomic E-state index is 13.6. The molecule has 2 heterocycles. The van der Waals surface area contributed by atoms with Gasteiger partial charge in [-0.1, -0.05) is 89.9 Å². The fraction of sp³-hybridized carbons (Fsp3) is 0.0690. The number of para-hydroxylation sites is 1. The van der Waals surface area contributed by atoms with Crippen LogP contribution in [0.1, 0.15) is 23.9 Å². The van der Waals surface area contributed by atoms with Gasteiger partial charge in [-0.05, 0) is 47.0 Å². The summed E-state index contributed by atoms with van der Waals surface area (Å²) in [5.74, 6) is 0.544. The third kappa shape index (κ3) is 4.06. The highest BCUT2D eigenvalue weighted by molar-refractivity contribution is 6.35. The molecule has 1 unspecified atom stereocenters. The van der Waals surface area contributed by atoms with Crippen molar-refractivity contribution in [2.24, 2.45) is 5.10 Å². The molecule has 0 aliphatic carbocycles. The van der Waals surface area contributed by atoms with Gasteiger partial charge >= 0.3 is 0 Å². The maximum Gasteiger partial charge on any atom is 0.266 e. The first kappa shape index (κ1) is 22.5. The molecule has 176 valence electrons. The third-order valence-corrected chi connectivity index (χ3v) is 6.88. The van der Waals surface area contributed by atoms with E-state index in [1.807, 2.05) is 36.4 Å². The van der Waals surface area contributed by atoms with Crippen molar-refractivity contribution in [2.45, 2.75) is 12.5 Å². The van der Waals surface area contributed by atoms with Gasteiger partial charge in [0.15, 0.2) is 0 Å². The quantitative estimate of drug-likeness (QED) is 0.289. The summed E-state index contributed by atoms with van der Waals surface area (Å²) in [7, 11) is 0. The van der Waals surface area contributed by atoms with E-state index in [0.29, 0.717) is 38.9 Å². The lowest BCUT2D eigenvalue weighted by molar-refractivity contribution is 0.565. The van der Waals surface area contributed by atoms with Gasteiger partial charge in [-0.3, -0.25) is 14.8 Å². The minimum atomic E-state index is -0.308. The van der Waals surface area contributed by atoms with E-state index in [4.69, 9.17) is 28.2 Å². The van der Waals surface area contributed by atoms with Gasteiger partial charge < -0.3 is 0 Å². The van der Waals surface area contributed by atoms with Crippen LogP contribution in [0.15, 0.2) is 107 Å². The van der Waals surface area contributed by atoms with Crippen LogP contribution in [0.25, 0.3) is 27.7 Å². The second-order valence-electron chi connectivity index (χ2n) is 8.61. The van der Waals surface area contributed by atoms with Crippen LogP contribution in [-0.2, 0) is 0 Å². The molecule has 0 spiro atoms. The number of nitrogens with one attached hydrogen (secondary N) is 1. The maximum atomic E-state index is 13.6. The minimum Gasteiger partial charge on any atom is -0.299 e. The van der Waals surface area contributed by atoms with Crippen molar-refractivity contribution in [3.05, 3.63) is 129 Å². The molecule has 1 N–H and O–H groups in total. The predicted molar refractivity (Wildman–Crippen MR) is 146 cm³/mol. The fourth-order valence-corrected chi connectivity index (χ4v) is 5.03. The summed E-state index contributed by atoms with van der Waals surface area (Å²) in [6, 6.07) is 30.7. The SMILES string of the molecule is O=c1c2ccccc2nc(C2CC(c3ccc(-c4ccccc4)cc3)=NN2)n1-c1ccc(Cl)cc1Cl. The lowest BCUT2D eigenvalue weighted by atomic mass is 9.99. The van der Waals surface area contributed by atoms with Crippen LogP contribution in [0.4, 0.5) is 0 Å². The Hall–Kier alpha value is -3.93. The van der Waals surface area contributed by atoms with Crippen molar-refractivity contribution < 1.29 is 0 Å². The van der Waals surface area contributed by atoms with Crippen LogP contribution in [0.3, 0.4) is 0 Å². The Morgan fingerprint density at radius 2 is 1.50 bits per heavy atom. The number of hydrogen-bond donors (Lipinski definition) is 1. The number of aromatic nitrogens is 2. The van der Waals surface area contributed by atoms with Crippen LogP contribution in [0, 0.1) is 0 Å². The Bertz CT molecular complexity index is 1680. The summed E-state index contributed by atoms with van der Waals surface area (Å²) in [6.45, 7) is 0. The lowest BCUT2D eigenvalue weighted by Crippen LogP contribution is -2.28. The van der Waals surface area contributed by atoms with Crippen LogP contribution < -0.4 is 11.0 Å². The molecular weight excluding hydrogens is 491 g/mol. The molecule has 1 aromatic heterocycles. The smallest absolute Gasteiger partial charge is 0.266 e. The molecule has 0 bridgehead atoms. The van der Waals surface area contributed by atoms with Gasteiger partial charge in [0, 0.05) is 11.4 Å². The van der Waals surface area contributed by atoms with Gasteiger partial charge in [0.1, 0.15) is 11.9 Å². The normalized spacial score (nSPS) is 15.1. The Balaban J connectivity index is 1.38. The van der Waals surface area contributed by atoms with Crippen molar-refractivity contribution >= 4 is 39.8 Å². The Morgan fingerprint density at radius 3 is 2.28 bits per heavy atom. The summed E-state index contributed by atoms with van der Waals surface area (Å²) >= 11 is 12.7. The zero-order valence-corrected chi connectivity index (χ0v) is 20.5. The van der Waals surface area contributed by atoms with E-state index < -0.39 is 0 Å². The molecule has 0 amide bonds. The second kappa shape index (κ2) is 9.26. The number of rotatable bonds is 4. The molecule has 5 aromatic rings. The first-order valence-corrected chi connectivity index (χ1v) is 12.3. The van der Waals surface area contributed by atoms with E-state index >= 15 is 0 Å². The zero-order valence-electron chi connectivity index (χ0n) is 19.0. The Kier molecular flexibility index (Phi) is 5.80. The monoisotopic (exact) mass is 510 g/mol. The number of halogens is 2. The highest BCUT2D eigenvalue weighted by Crippen LogP contribution is 2.30. The molecule has 6 rings (SSSR count). The van der Waals surface area contributed by atoms with Gasteiger partial charge in [0.2, 0.25) is 0 Å². The van der Waals surface area contributed by atoms with Gasteiger partial charge in [0.25, 0.3) is 5.56 Å². The third-order valence-electron chi connectivity index (χ3n) is 6.34. The Morgan fingerprint density at radius 1 is 0.806 bits per heavy atom. The number of benzene rings is 4. The summed E-state index contributed by atoms with van der Waals surface area (Å²) in [6.07, 6.45) is 0.570. The summed E-state index contributed by atoms with van der Waals surface area (Å²) in [5, 5.41) is 5.99. The van der Waals surface area contributed by atoms with Gasteiger partial charge in [-0.2, -0.15) is 5.10 Å². The zero-order chi connectivity index (χ0) is 24.6. The molecule has 4 aromatic carbocycles. The van der Waals surface area contributed by atoms with E-state index in [-0.39, 0.29) is 11.6 Å². The Labute approximate surface area is 217 Å². The van der Waals surface area contributed by atoms with Crippen LogP contribution in [-0.4, -0.2) is 15.3 Å². The molecule has 0 saturated heterocycles. The minimum absolute atomic E-state index is 0.192. The van der Waals surface area contributed by atoms with Gasteiger partial charge in [0.05, 0.1) is 27.3 Å². The molecular formula is C29H20Cl2N4O. The molecule has 5 nitrogen and oxygen atoms in total. The standard InChI is InChI=1S/C29H20Cl2N4O/c30-21-14-15-27(23(31)16-21)35-28(32-24-9-5-4-8-22(24)29(35)36)26-17-25(33-34-26)20-12-10-19(11-13-20)18-6-2-1-3-7-18/h1-16,26,34H,17H2. The molecule has 0 saturated carbocycles. The van der Waals surface area contributed by atoms with E-state index in [0.717, 1.165) is 22.4 Å². The molecule has 7 heteroatoms. The second-order valence-corrected chi connectivity index (χ2v) is 9.45. The number of fused-ring (bicyclic) bond motifs is 1. The summed E-state index contributed by atoms with van der Waals surface area (Å²) < 4.78 is 1.57. The molecule has 0 fully saturated rings. The molecule has 36 heavy (non-hydrogen) atoms. The number of hydrogen-bond acceptors (Lipinski definition) is 4. The van der Waals surface area contributed by atoms with Crippen molar-refractivity contribution in [3.8, 4) is 16.8 Å². The number of hydrazone groups is 1. The van der Waals surface area contributed by atoms with Crippen molar-refractivity contribution in [1.29, 1.82) is 0 Å². The predicted octanol–water partition coefficient (Wildman–Crippen LogP) is 6.80. The van der Waals surface area contributed by atoms with Crippen molar-refractivity contribution in [2.75, 3.05) is 0 Å². The molecule has 0 radical (unpaired) electrons. The first-order chi connectivity index (χ1) is 17.6. The van der Waals surface area contributed by atoms with Gasteiger partial charge in [-0.25, -0.2) is 4.98 Å². The van der Waals surface area contributed by atoms with Gasteiger partial charge in [-0.15, -0.1) is 0 Å². The highest BCUT2D eigenvalue weighted by atomic mass is 35.5. The highest BCUT2D eigenvalue weighted by Gasteiger charge is 2.27. The topological polar surface area (TPSA) is 59.3 Å². The van der Waals surface area contributed by atoms with Crippen LogP contribution in [0.2, 0.25) is 10.0 Å². The van der Waals surface area contributed by atoms with E-state index in [1.54, 1.807) is 28.8 Å². The lowest BCUT2D eigenvalue weighted by Gasteiger charge is -2.19. The van der Waals surface area contributed by atoms with E-state index in [1.165, 1.54) is 0 Å². The largest absolute Gasteiger partial charge is 0.299 e. The number of nitrogens with zero attached hydrogens (tertiary/aromatic N) is 3. The first-order valence-electron chi connectivity index (χ1n) is 11.5. The summed E-state index contributed by atoms with van der Waals surface area (Å²) in [4.78, 5) is 18.5. The van der Waals surface area contributed by atoms with Crippen molar-refractivity contribution in [1.82, 2.24) is 15.0 Å². The molecule has 1 atom stereocenters. The van der Waals surface area contributed by atoms with E-state index in [2.05, 4.69) is 46.9 Å². The van der Waals surface area contributed by atoms with Crippen molar-refractivity contribution in [3.63, 3.8) is 0 Å². The summed E-state index contributed by atoms with van der Waals surface area (Å²) in [5.41, 5.74) is 8.38. The average molecular weight is 511 g/mol. The average Bonchev–Trinajstić information content (AvgIpc) is 3.40. The van der Waals surface area contributed by atoms with Crippen LogP contribution in [0.5, 0.6) is 0 Å². The van der Waals surface area contributed by atoms with E-state index in [9.17, 15) is 4.79 Å². The fourth-order valence-electron chi connectivity index (χ4n) is 4.54. The molecule has 1 aliphatic heterocycles. The molecule has 1 aliphatic rings. The van der Waals surface area contributed by atoms with Crippen LogP contribution >= 0.6 is 23.2 Å².